The fraction of sp³-hybridized carbons (Fsp3) is 0.700. The molecule has 2 fully saturated rings. The van der Waals surface area contributed by atoms with Gasteiger partial charge in [-0.15, -0.1) is 0 Å². The summed E-state index contributed by atoms with van der Waals surface area (Å²) in [6.45, 7) is 4.77. The van der Waals surface area contributed by atoms with Crippen LogP contribution in [0.4, 0.5) is 5.69 Å². The van der Waals surface area contributed by atoms with Crippen LogP contribution < -0.4 is 10.0 Å². The first kappa shape index (κ1) is 18.9. The molecule has 1 unspecified atom stereocenters. The van der Waals surface area contributed by atoms with Gasteiger partial charge in [-0.25, -0.2) is 4.72 Å². The molecular formula is C20H31N2O2S-. The predicted octanol–water partition coefficient (Wildman–Crippen LogP) is 4.48. The molecule has 25 heavy (non-hydrogen) atoms. The summed E-state index contributed by atoms with van der Waals surface area (Å²) in [4.78, 5) is 0. The van der Waals surface area contributed by atoms with Crippen LogP contribution in [0.25, 0.3) is 0 Å². The number of hydrogen-bond acceptors (Lipinski definition) is 3. The molecular weight excluding hydrogens is 332 g/mol. The van der Waals surface area contributed by atoms with E-state index in [1.54, 1.807) is 0 Å². The minimum atomic E-state index is -2.14. The maximum atomic E-state index is 10.7. The minimum absolute atomic E-state index is 0.106. The molecule has 3 rings (SSSR count). The first-order chi connectivity index (χ1) is 11.9. The molecule has 0 aromatic heterocycles. The van der Waals surface area contributed by atoms with Gasteiger partial charge in [0.25, 0.3) is 0 Å². The van der Waals surface area contributed by atoms with Crippen molar-refractivity contribution < 1.29 is 8.76 Å². The van der Waals surface area contributed by atoms with Crippen molar-refractivity contribution in [3.63, 3.8) is 0 Å². The van der Waals surface area contributed by atoms with Crippen LogP contribution in [0.15, 0.2) is 24.3 Å². The van der Waals surface area contributed by atoms with E-state index in [0.29, 0.717) is 11.5 Å². The van der Waals surface area contributed by atoms with Gasteiger partial charge in [0.15, 0.2) is 0 Å². The lowest BCUT2D eigenvalue weighted by Gasteiger charge is -2.34. The highest BCUT2D eigenvalue weighted by Crippen LogP contribution is 2.42. The Morgan fingerprint density at radius 3 is 2.08 bits per heavy atom. The summed E-state index contributed by atoms with van der Waals surface area (Å²) >= 11 is -2.14. The van der Waals surface area contributed by atoms with E-state index in [4.69, 9.17) is 0 Å². The SMILES string of the molecule is CC1(C)CCC(c2ccc(NC3CCC(NS(=O)[O-])CC3)cc2)CC1. The van der Waals surface area contributed by atoms with Crippen LogP contribution in [-0.4, -0.2) is 20.8 Å². The van der Waals surface area contributed by atoms with Crippen LogP contribution in [0.2, 0.25) is 0 Å². The molecule has 4 nitrogen and oxygen atoms in total. The summed E-state index contributed by atoms with van der Waals surface area (Å²) in [6, 6.07) is 9.56. The van der Waals surface area contributed by atoms with Crippen molar-refractivity contribution in [3.8, 4) is 0 Å². The first-order valence-corrected chi connectivity index (χ1v) is 10.7. The quantitative estimate of drug-likeness (QED) is 0.758. The standard InChI is InChI=1S/C20H32N2O2S/c1-20(2)13-11-16(12-14-20)15-3-5-17(6-4-15)21-18-7-9-19(10-8-18)22-25(23)24/h3-6,16,18-19,21-22H,7-14H2,1-2H3,(H,23,24)/p-1. The van der Waals surface area contributed by atoms with Crippen LogP contribution in [0.5, 0.6) is 0 Å². The van der Waals surface area contributed by atoms with E-state index in [2.05, 4.69) is 48.2 Å². The van der Waals surface area contributed by atoms with Crippen LogP contribution in [-0.2, 0) is 11.3 Å². The Balaban J connectivity index is 1.48. The Hall–Kier alpha value is -0.910. The van der Waals surface area contributed by atoms with Crippen molar-refractivity contribution in [1.82, 2.24) is 4.72 Å². The monoisotopic (exact) mass is 363 g/mol. The highest BCUT2D eigenvalue weighted by atomic mass is 32.2. The molecule has 140 valence electrons. The van der Waals surface area contributed by atoms with Crippen molar-refractivity contribution in [1.29, 1.82) is 0 Å². The van der Waals surface area contributed by atoms with Gasteiger partial charge in [0.2, 0.25) is 0 Å². The average molecular weight is 364 g/mol. The smallest absolute Gasteiger partial charge is 0.0342 e. The predicted molar refractivity (Wildman–Crippen MR) is 103 cm³/mol. The van der Waals surface area contributed by atoms with Crippen molar-refractivity contribution in [2.45, 2.75) is 83.2 Å². The molecule has 2 N–H and O–H groups in total. The largest absolute Gasteiger partial charge is 0.760 e. The number of benzene rings is 1. The molecule has 1 atom stereocenters. The fourth-order valence-electron chi connectivity index (χ4n) is 4.31. The molecule has 0 heterocycles. The number of nitrogens with one attached hydrogen (secondary N) is 2. The lowest BCUT2D eigenvalue weighted by molar-refractivity contribution is 0.224. The third kappa shape index (κ3) is 5.53. The highest BCUT2D eigenvalue weighted by Gasteiger charge is 2.27. The Morgan fingerprint density at radius 2 is 1.52 bits per heavy atom. The summed E-state index contributed by atoms with van der Waals surface area (Å²) in [5.74, 6) is 0.719. The van der Waals surface area contributed by atoms with E-state index in [0.717, 1.165) is 31.6 Å². The maximum Gasteiger partial charge on any atom is 0.0342 e. The van der Waals surface area contributed by atoms with E-state index in [1.807, 2.05) is 0 Å². The Morgan fingerprint density at radius 1 is 0.960 bits per heavy atom. The van der Waals surface area contributed by atoms with E-state index in [1.165, 1.54) is 36.9 Å². The van der Waals surface area contributed by atoms with Gasteiger partial charge in [-0.05, 0) is 80.4 Å². The van der Waals surface area contributed by atoms with Crippen LogP contribution in [0.3, 0.4) is 0 Å². The lowest BCUT2D eigenvalue weighted by atomic mass is 9.71. The summed E-state index contributed by atoms with van der Waals surface area (Å²) < 4.78 is 24.0. The van der Waals surface area contributed by atoms with Crippen LogP contribution in [0, 0.1) is 5.41 Å². The molecule has 0 spiro atoms. The molecule has 2 aliphatic rings. The summed E-state index contributed by atoms with van der Waals surface area (Å²) in [6.07, 6.45) is 9.08. The molecule has 5 heteroatoms. The van der Waals surface area contributed by atoms with Crippen molar-refractivity contribution in [3.05, 3.63) is 29.8 Å². The molecule has 2 saturated carbocycles. The normalized spacial score (nSPS) is 28.4. The van der Waals surface area contributed by atoms with Gasteiger partial charge in [0, 0.05) is 29.0 Å². The molecule has 0 aliphatic heterocycles. The second kappa shape index (κ2) is 8.19. The minimum Gasteiger partial charge on any atom is -0.760 e. The van der Waals surface area contributed by atoms with Crippen molar-refractivity contribution in [2.75, 3.05) is 5.32 Å². The third-order valence-electron chi connectivity index (χ3n) is 6.08. The van der Waals surface area contributed by atoms with Gasteiger partial charge in [-0.1, -0.05) is 26.0 Å². The molecule has 2 aliphatic carbocycles. The Bertz CT molecular complexity index is 570. The van der Waals surface area contributed by atoms with Crippen molar-refractivity contribution in [2.24, 2.45) is 5.41 Å². The zero-order chi connectivity index (χ0) is 17.9. The molecule has 1 aromatic rings. The maximum absolute atomic E-state index is 10.7. The molecule has 0 bridgehead atoms. The van der Waals surface area contributed by atoms with Crippen LogP contribution >= 0.6 is 0 Å². The van der Waals surface area contributed by atoms with Crippen molar-refractivity contribution >= 4 is 17.0 Å². The Kier molecular flexibility index (Phi) is 6.18. The van der Waals surface area contributed by atoms with E-state index in [-0.39, 0.29) is 6.04 Å². The van der Waals surface area contributed by atoms with E-state index >= 15 is 0 Å². The zero-order valence-corrected chi connectivity index (χ0v) is 16.2. The van der Waals surface area contributed by atoms with Gasteiger partial charge in [0.05, 0.1) is 0 Å². The average Bonchev–Trinajstić information content (AvgIpc) is 2.57. The molecule has 0 saturated heterocycles. The highest BCUT2D eigenvalue weighted by molar-refractivity contribution is 7.77. The van der Waals surface area contributed by atoms with Gasteiger partial charge < -0.3 is 9.87 Å². The van der Waals surface area contributed by atoms with E-state index in [9.17, 15) is 8.76 Å². The number of anilines is 1. The van der Waals surface area contributed by atoms with E-state index < -0.39 is 11.3 Å². The van der Waals surface area contributed by atoms with Gasteiger partial charge >= 0.3 is 0 Å². The third-order valence-corrected chi connectivity index (χ3v) is 6.61. The van der Waals surface area contributed by atoms with Gasteiger partial charge in [-0.2, -0.15) is 0 Å². The molecule has 0 amide bonds. The first-order valence-electron chi connectivity index (χ1n) is 9.63. The molecule has 1 aromatic carbocycles. The van der Waals surface area contributed by atoms with Gasteiger partial charge in [0.1, 0.15) is 0 Å². The Labute approximate surface area is 154 Å². The number of hydrogen-bond donors (Lipinski definition) is 2. The fourth-order valence-corrected chi connectivity index (χ4v) is 4.82. The summed E-state index contributed by atoms with van der Waals surface area (Å²) in [7, 11) is 0. The summed E-state index contributed by atoms with van der Waals surface area (Å²) in [5, 5.41) is 3.62. The molecule has 0 radical (unpaired) electrons. The van der Waals surface area contributed by atoms with Crippen LogP contribution in [0.1, 0.15) is 76.7 Å². The second-order valence-corrected chi connectivity index (χ2v) is 9.31. The summed E-state index contributed by atoms with van der Waals surface area (Å²) in [5.41, 5.74) is 3.18. The number of rotatable bonds is 5. The zero-order valence-electron chi connectivity index (χ0n) is 15.4. The van der Waals surface area contributed by atoms with Gasteiger partial charge in [-0.3, -0.25) is 4.21 Å². The second-order valence-electron chi connectivity index (χ2n) is 8.61. The lowest BCUT2D eigenvalue weighted by Crippen LogP contribution is -2.37. The topological polar surface area (TPSA) is 64.2 Å².